The van der Waals surface area contributed by atoms with Gasteiger partial charge in [-0.05, 0) is 74.0 Å². The van der Waals surface area contributed by atoms with Crippen LogP contribution in [0, 0.1) is 6.92 Å². The molecule has 3 aromatic carbocycles. The van der Waals surface area contributed by atoms with Crippen molar-refractivity contribution in [3.63, 3.8) is 0 Å². The van der Waals surface area contributed by atoms with Gasteiger partial charge >= 0.3 is 0 Å². The van der Waals surface area contributed by atoms with Gasteiger partial charge in [-0.1, -0.05) is 17.7 Å². The van der Waals surface area contributed by atoms with Gasteiger partial charge in [-0.25, -0.2) is 13.8 Å². The monoisotopic (exact) mass is 495 g/mol. The first kappa shape index (κ1) is 24.1. The summed E-state index contributed by atoms with van der Waals surface area (Å²) in [6, 6.07) is 18.2. The number of ether oxygens (including phenoxy) is 3. The molecule has 1 heterocycles. The average Bonchev–Trinajstić information content (AvgIpc) is 3.32. The largest absolute Gasteiger partial charge is 0.494 e. The Kier molecular flexibility index (Phi) is 7.21. The number of aryl methyl sites for hydroxylation is 1. The van der Waals surface area contributed by atoms with Crippen molar-refractivity contribution in [1.29, 1.82) is 0 Å². The lowest BCUT2D eigenvalue weighted by Crippen LogP contribution is -2.39. The number of hydrogen-bond acceptors (Lipinski definition) is 7. The van der Waals surface area contributed by atoms with Gasteiger partial charge in [0.15, 0.2) is 11.5 Å². The first-order valence-electron chi connectivity index (χ1n) is 10.9. The Morgan fingerprint density at radius 3 is 2.49 bits per heavy atom. The molecular formula is C25H25N3O6S. The van der Waals surface area contributed by atoms with E-state index >= 15 is 0 Å². The molecule has 1 aliphatic heterocycles. The molecule has 1 amide bonds. The third kappa shape index (κ3) is 5.72. The molecule has 0 aromatic heterocycles. The van der Waals surface area contributed by atoms with Gasteiger partial charge in [0.25, 0.3) is 15.9 Å². The first-order chi connectivity index (χ1) is 16.9. The molecule has 0 bridgehead atoms. The molecule has 0 saturated carbocycles. The molecule has 0 atom stereocenters. The van der Waals surface area contributed by atoms with Gasteiger partial charge in [-0.15, -0.1) is 0 Å². The number of nitrogens with zero attached hydrogens (tertiary/aromatic N) is 2. The summed E-state index contributed by atoms with van der Waals surface area (Å²) in [7, 11) is -4.03. The van der Waals surface area contributed by atoms with Gasteiger partial charge in [0.05, 0.1) is 23.4 Å². The zero-order valence-corrected chi connectivity index (χ0v) is 20.1. The normalized spacial score (nSPS) is 12.5. The van der Waals surface area contributed by atoms with Crippen molar-refractivity contribution in [2.24, 2.45) is 5.10 Å². The maximum Gasteiger partial charge on any atom is 0.264 e. The standard InChI is InChI=1S/C25H25N3O6S/c1-3-32-21-9-7-20(8-10-21)28(35(30,31)22-11-4-18(2)5-12-22)16-25(29)27-26-15-19-6-13-23-24(14-19)34-17-33-23/h4-15H,3,16-17H2,1-2H3,(H,27,29)/b26-15-. The molecule has 1 aliphatic rings. The van der Waals surface area contributed by atoms with E-state index in [4.69, 9.17) is 14.2 Å². The first-order valence-corrected chi connectivity index (χ1v) is 12.3. The van der Waals surface area contributed by atoms with Crippen molar-refractivity contribution in [2.45, 2.75) is 18.7 Å². The molecule has 4 rings (SSSR count). The van der Waals surface area contributed by atoms with E-state index in [9.17, 15) is 13.2 Å². The summed E-state index contributed by atoms with van der Waals surface area (Å²) in [5, 5.41) is 3.96. The zero-order valence-electron chi connectivity index (χ0n) is 19.3. The minimum atomic E-state index is -4.03. The van der Waals surface area contributed by atoms with E-state index in [-0.39, 0.29) is 11.7 Å². The summed E-state index contributed by atoms with van der Waals surface area (Å²) in [5.41, 5.74) is 4.32. The number of hydrazone groups is 1. The van der Waals surface area contributed by atoms with Gasteiger partial charge in [-0.2, -0.15) is 5.10 Å². The van der Waals surface area contributed by atoms with E-state index in [2.05, 4.69) is 10.5 Å². The van der Waals surface area contributed by atoms with Crippen molar-refractivity contribution >= 4 is 27.8 Å². The molecule has 0 saturated heterocycles. The number of nitrogens with one attached hydrogen (secondary N) is 1. The highest BCUT2D eigenvalue weighted by Crippen LogP contribution is 2.32. The maximum atomic E-state index is 13.4. The van der Waals surface area contributed by atoms with Gasteiger partial charge in [0, 0.05) is 0 Å². The number of anilines is 1. The zero-order chi connectivity index (χ0) is 24.8. The molecule has 0 radical (unpaired) electrons. The summed E-state index contributed by atoms with van der Waals surface area (Å²) in [6.45, 7) is 3.89. The smallest absolute Gasteiger partial charge is 0.264 e. The Hall–Kier alpha value is -4.05. The third-order valence-electron chi connectivity index (χ3n) is 5.13. The van der Waals surface area contributed by atoms with Crippen molar-refractivity contribution in [2.75, 3.05) is 24.2 Å². The fourth-order valence-corrected chi connectivity index (χ4v) is 4.79. The lowest BCUT2D eigenvalue weighted by atomic mass is 10.2. The Morgan fingerprint density at radius 2 is 1.77 bits per heavy atom. The van der Waals surface area contributed by atoms with Crippen LogP contribution in [-0.2, 0) is 14.8 Å². The number of hydrogen-bond donors (Lipinski definition) is 1. The summed E-state index contributed by atoms with van der Waals surface area (Å²) in [4.78, 5) is 12.8. The van der Waals surface area contributed by atoms with Crippen molar-refractivity contribution < 1.29 is 27.4 Å². The van der Waals surface area contributed by atoms with Crippen LogP contribution in [0.5, 0.6) is 17.2 Å². The third-order valence-corrected chi connectivity index (χ3v) is 6.92. The van der Waals surface area contributed by atoms with E-state index in [0.717, 1.165) is 9.87 Å². The summed E-state index contributed by atoms with van der Waals surface area (Å²) in [6.07, 6.45) is 1.44. The second-order valence-corrected chi connectivity index (χ2v) is 9.52. The highest BCUT2D eigenvalue weighted by Gasteiger charge is 2.27. The molecule has 0 spiro atoms. The quantitative estimate of drug-likeness (QED) is 0.360. The molecule has 0 aliphatic carbocycles. The summed E-state index contributed by atoms with van der Waals surface area (Å²) < 4.78 is 44.0. The van der Waals surface area contributed by atoms with Crippen LogP contribution in [0.3, 0.4) is 0 Å². The molecule has 0 fully saturated rings. The lowest BCUT2D eigenvalue weighted by molar-refractivity contribution is -0.119. The van der Waals surface area contributed by atoms with Gasteiger partial charge in [-0.3, -0.25) is 9.10 Å². The van der Waals surface area contributed by atoms with Gasteiger partial charge in [0.2, 0.25) is 6.79 Å². The highest BCUT2D eigenvalue weighted by atomic mass is 32.2. The average molecular weight is 496 g/mol. The molecule has 3 aromatic rings. The van der Waals surface area contributed by atoms with Crippen LogP contribution in [0.1, 0.15) is 18.1 Å². The fourth-order valence-electron chi connectivity index (χ4n) is 3.37. The van der Waals surface area contributed by atoms with Crippen LogP contribution in [0.4, 0.5) is 5.69 Å². The topological polar surface area (TPSA) is 107 Å². The van der Waals surface area contributed by atoms with Crippen molar-refractivity contribution in [1.82, 2.24) is 5.43 Å². The van der Waals surface area contributed by atoms with Gasteiger partial charge in [0.1, 0.15) is 12.3 Å². The van der Waals surface area contributed by atoms with Gasteiger partial charge < -0.3 is 14.2 Å². The van der Waals surface area contributed by atoms with Crippen molar-refractivity contribution in [3.05, 3.63) is 77.9 Å². The minimum Gasteiger partial charge on any atom is -0.494 e. The van der Waals surface area contributed by atoms with Crippen LogP contribution in [-0.4, -0.2) is 40.5 Å². The van der Waals surface area contributed by atoms with Crippen LogP contribution in [0.2, 0.25) is 0 Å². The fraction of sp³-hybridized carbons (Fsp3) is 0.200. The number of carbonyl (C=O) groups excluding carboxylic acids is 1. The number of fused-ring (bicyclic) bond motifs is 1. The number of benzene rings is 3. The SMILES string of the molecule is CCOc1ccc(N(CC(=O)N/N=C\c2ccc3c(c2)OCO3)S(=O)(=O)c2ccc(C)cc2)cc1. The highest BCUT2D eigenvalue weighted by molar-refractivity contribution is 7.92. The Labute approximate surface area is 204 Å². The number of sulfonamides is 1. The minimum absolute atomic E-state index is 0.0774. The van der Waals surface area contributed by atoms with Crippen LogP contribution in [0.25, 0.3) is 0 Å². The molecule has 0 unspecified atom stereocenters. The molecule has 10 heteroatoms. The maximum absolute atomic E-state index is 13.4. The number of carbonyl (C=O) groups is 1. The van der Waals surface area contributed by atoms with E-state index in [1.807, 2.05) is 13.8 Å². The second-order valence-electron chi connectivity index (χ2n) is 7.66. The number of rotatable bonds is 9. The van der Waals surface area contributed by atoms with E-state index in [1.165, 1.54) is 18.3 Å². The Balaban J connectivity index is 1.53. The van der Waals surface area contributed by atoms with E-state index < -0.39 is 22.5 Å². The Bertz CT molecular complexity index is 1320. The van der Waals surface area contributed by atoms with Crippen LogP contribution < -0.4 is 23.9 Å². The molecule has 182 valence electrons. The molecule has 1 N–H and O–H groups in total. The Morgan fingerprint density at radius 1 is 1.06 bits per heavy atom. The van der Waals surface area contributed by atoms with Crippen LogP contribution >= 0.6 is 0 Å². The summed E-state index contributed by atoms with van der Waals surface area (Å²) >= 11 is 0. The lowest BCUT2D eigenvalue weighted by Gasteiger charge is -2.24. The molecule has 35 heavy (non-hydrogen) atoms. The van der Waals surface area contributed by atoms with Crippen LogP contribution in [0.15, 0.2) is 76.7 Å². The predicted molar refractivity (Wildman–Crippen MR) is 132 cm³/mol. The van der Waals surface area contributed by atoms with E-state index in [0.29, 0.717) is 35.1 Å². The second kappa shape index (κ2) is 10.5. The molecule has 9 nitrogen and oxygen atoms in total. The number of amides is 1. The molecular weight excluding hydrogens is 470 g/mol. The van der Waals surface area contributed by atoms with Crippen molar-refractivity contribution in [3.8, 4) is 17.2 Å². The van der Waals surface area contributed by atoms with E-state index in [1.54, 1.807) is 54.6 Å². The predicted octanol–water partition coefficient (Wildman–Crippen LogP) is 3.47. The summed E-state index contributed by atoms with van der Waals surface area (Å²) in [5.74, 6) is 1.22.